The first-order chi connectivity index (χ1) is 11.4. The Morgan fingerprint density at radius 3 is 2.71 bits per heavy atom. The Morgan fingerprint density at radius 2 is 2.08 bits per heavy atom. The zero-order valence-electron chi connectivity index (χ0n) is 13.0. The summed E-state index contributed by atoms with van der Waals surface area (Å²) in [5.74, 6) is 0.545. The summed E-state index contributed by atoms with van der Waals surface area (Å²) in [4.78, 5) is 31.3. The summed E-state index contributed by atoms with van der Waals surface area (Å²) >= 11 is 5.87. The molecule has 3 amide bonds. The first kappa shape index (κ1) is 16.3. The van der Waals surface area contributed by atoms with Crippen LogP contribution in [-0.2, 0) is 9.63 Å². The zero-order valence-corrected chi connectivity index (χ0v) is 13.8. The van der Waals surface area contributed by atoms with E-state index in [0.717, 1.165) is 5.06 Å². The van der Waals surface area contributed by atoms with Crippen LogP contribution in [0.1, 0.15) is 12.2 Å². The molecule has 3 rings (SSSR count). The minimum atomic E-state index is -0.767. The normalized spacial score (nSPS) is 17.5. The second-order valence-corrected chi connectivity index (χ2v) is 5.70. The molecule has 0 radical (unpaired) electrons. The predicted molar refractivity (Wildman–Crippen MR) is 86.4 cm³/mol. The number of hydroxylamine groups is 2. The van der Waals surface area contributed by atoms with Crippen LogP contribution in [0.3, 0.4) is 0 Å². The molecule has 1 unspecified atom stereocenters. The van der Waals surface area contributed by atoms with Gasteiger partial charge < -0.3 is 9.84 Å². The van der Waals surface area contributed by atoms with E-state index >= 15 is 0 Å². The lowest BCUT2D eigenvalue weighted by Gasteiger charge is -2.20. The van der Waals surface area contributed by atoms with Crippen molar-refractivity contribution in [1.29, 1.82) is 0 Å². The van der Waals surface area contributed by atoms with E-state index < -0.39 is 6.23 Å². The number of urea groups is 1. The molecule has 0 saturated carbocycles. The summed E-state index contributed by atoms with van der Waals surface area (Å²) in [5, 5.41) is 7.93. The van der Waals surface area contributed by atoms with Crippen molar-refractivity contribution in [2.75, 3.05) is 17.3 Å². The van der Waals surface area contributed by atoms with Gasteiger partial charge in [0.05, 0.1) is 6.42 Å². The second kappa shape index (κ2) is 6.50. The van der Waals surface area contributed by atoms with Crippen LogP contribution in [0.25, 0.3) is 0 Å². The first-order valence-corrected chi connectivity index (χ1v) is 7.54. The number of carbonyl (C=O) groups excluding carboxylic acids is 2. The number of nitrogens with one attached hydrogen (secondary N) is 1. The molecule has 0 bridgehead atoms. The Morgan fingerprint density at radius 1 is 1.38 bits per heavy atom. The van der Waals surface area contributed by atoms with Crippen molar-refractivity contribution in [2.45, 2.75) is 19.6 Å². The van der Waals surface area contributed by atoms with E-state index in [1.165, 1.54) is 11.9 Å². The van der Waals surface area contributed by atoms with Crippen LogP contribution in [0.5, 0.6) is 0 Å². The topological polar surface area (TPSA) is 87.9 Å². The minimum absolute atomic E-state index is 0.0649. The summed E-state index contributed by atoms with van der Waals surface area (Å²) in [6.45, 7) is 1.72. The molecule has 1 N–H and O–H groups in total. The van der Waals surface area contributed by atoms with Gasteiger partial charge in [-0.25, -0.2) is 14.7 Å². The molecular weight excluding hydrogens is 336 g/mol. The molecule has 1 aromatic carbocycles. The Hall–Kier alpha value is -2.58. The van der Waals surface area contributed by atoms with E-state index in [0.29, 0.717) is 22.3 Å². The number of amides is 3. The average Bonchev–Trinajstić information content (AvgIpc) is 3.04. The third-order valence-electron chi connectivity index (χ3n) is 3.40. The van der Waals surface area contributed by atoms with Crippen LogP contribution in [0, 0.1) is 6.92 Å². The zero-order chi connectivity index (χ0) is 17.3. The smallest absolute Gasteiger partial charge is 0.350 e. The maximum absolute atomic E-state index is 12.3. The molecule has 8 nitrogen and oxygen atoms in total. The Labute approximate surface area is 142 Å². The number of carbonyl (C=O) groups is 2. The van der Waals surface area contributed by atoms with Gasteiger partial charge in [0, 0.05) is 23.8 Å². The summed E-state index contributed by atoms with van der Waals surface area (Å²) in [7, 11) is 1.49. The monoisotopic (exact) mass is 350 g/mol. The lowest BCUT2D eigenvalue weighted by Crippen LogP contribution is -2.36. The third kappa shape index (κ3) is 3.34. The molecule has 2 aromatic rings. The van der Waals surface area contributed by atoms with Crippen LogP contribution in [0.2, 0.25) is 5.02 Å². The summed E-state index contributed by atoms with van der Waals surface area (Å²) < 4.78 is 4.89. The minimum Gasteiger partial charge on any atom is -0.360 e. The van der Waals surface area contributed by atoms with Crippen molar-refractivity contribution >= 4 is 35.0 Å². The number of hydrogen-bond donors (Lipinski definition) is 1. The Bertz CT molecular complexity index is 761. The number of halogens is 1. The largest absolute Gasteiger partial charge is 0.360 e. The highest BCUT2D eigenvalue weighted by molar-refractivity contribution is 6.30. The van der Waals surface area contributed by atoms with Gasteiger partial charge in [-0.2, -0.15) is 0 Å². The molecule has 1 fully saturated rings. The van der Waals surface area contributed by atoms with Crippen molar-refractivity contribution < 1.29 is 18.9 Å². The highest BCUT2D eigenvalue weighted by atomic mass is 35.5. The number of nitrogens with zero attached hydrogens (tertiary/aromatic N) is 3. The second-order valence-electron chi connectivity index (χ2n) is 5.26. The summed E-state index contributed by atoms with van der Waals surface area (Å²) in [6, 6.07) is 7.94. The van der Waals surface area contributed by atoms with Crippen LogP contribution in [0.15, 0.2) is 34.9 Å². The van der Waals surface area contributed by atoms with Gasteiger partial charge in [-0.3, -0.25) is 9.69 Å². The van der Waals surface area contributed by atoms with Crippen molar-refractivity contribution in [3.8, 4) is 0 Å². The van der Waals surface area contributed by atoms with E-state index in [4.69, 9.17) is 21.0 Å². The molecule has 1 aliphatic heterocycles. The Kier molecular flexibility index (Phi) is 4.41. The summed E-state index contributed by atoms with van der Waals surface area (Å²) in [6.07, 6.45) is -0.832. The molecule has 1 saturated heterocycles. The van der Waals surface area contributed by atoms with Crippen LogP contribution >= 0.6 is 11.6 Å². The molecule has 0 aliphatic carbocycles. The molecule has 1 atom stereocenters. The van der Waals surface area contributed by atoms with Crippen molar-refractivity contribution in [3.63, 3.8) is 0 Å². The molecule has 9 heteroatoms. The van der Waals surface area contributed by atoms with E-state index in [1.54, 1.807) is 37.3 Å². The fourth-order valence-electron chi connectivity index (χ4n) is 2.33. The maximum atomic E-state index is 12.3. The molecule has 1 aliphatic rings. The third-order valence-corrected chi connectivity index (χ3v) is 3.66. The molecule has 24 heavy (non-hydrogen) atoms. The SMILES string of the molecule is Cc1cc(NC(=O)CC2ON(C)C(=O)N2c2ccc(Cl)cc2)no1. The van der Waals surface area contributed by atoms with Gasteiger partial charge in [-0.15, -0.1) is 0 Å². The van der Waals surface area contributed by atoms with Gasteiger partial charge in [0.1, 0.15) is 5.76 Å². The fourth-order valence-corrected chi connectivity index (χ4v) is 2.46. The van der Waals surface area contributed by atoms with E-state index in [-0.39, 0.29) is 18.4 Å². The first-order valence-electron chi connectivity index (χ1n) is 7.16. The van der Waals surface area contributed by atoms with Gasteiger partial charge in [0.15, 0.2) is 12.0 Å². The van der Waals surface area contributed by atoms with Crippen molar-refractivity contribution in [1.82, 2.24) is 10.2 Å². The molecular formula is C15H15ClN4O4. The predicted octanol–water partition coefficient (Wildman–Crippen LogP) is 2.79. The van der Waals surface area contributed by atoms with Gasteiger partial charge in [-0.05, 0) is 31.2 Å². The van der Waals surface area contributed by atoms with E-state index in [9.17, 15) is 9.59 Å². The maximum Gasteiger partial charge on any atom is 0.350 e. The summed E-state index contributed by atoms with van der Waals surface area (Å²) in [5.41, 5.74) is 0.587. The van der Waals surface area contributed by atoms with Gasteiger partial charge in [0.25, 0.3) is 0 Å². The Balaban J connectivity index is 1.73. The van der Waals surface area contributed by atoms with Crippen LogP contribution in [-0.4, -0.2) is 35.4 Å². The van der Waals surface area contributed by atoms with E-state index in [1.807, 2.05) is 0 Å². The van der Waals surface area contributed by atoms with Gasteiger partial charge in [-0.1, -0.05) is 16.8 Å². The standard InChI is InChI=1S/C15H15ClN4O4/c1-9-7-12(18-23-9)17-13(21)8-14-20(15(22)19(2)24-14)11-5-3-10(16)4-6-11/h3-7,14H,8H2,1-2H3,(H,17,18,21). The number of anilines is 2. The van der Waals surface area contributed by atoms with Crippen LogP contribution < -0.4 is 10.2 Å². The van der Waals surface area contributed by atoms with E-state index in [2.05, 4.69) is 10.5 Å². The van der Waals surface area contributed by atoms with Crippen molar-refractivity contribution in [3.05, 3.63) is 41.1 Å². The number of benzene rings is 1. The van der Waals surface area contributed by atoms with Crippen LogP contribution in [0.4, 0.5) is 16.3 Å². The lowest BCUT2D eigenvalue weighted by atomic mass is 10.2. The number of aryl methyl sites for hydroxylation is 1. The number of hydrogen-bond acceptors (Lipinski definition) is 5. The van der Waals surface area contributed by atoms with Crippen molar-refractivity contribution in [2.24, 2.45) is 0 Å². The van der Waals surface area contributed by atoms with Gasteiger partial charge >= 0.3 is 6.03 Å². The highest BCUT2D eigenvalue weighted by Gasteiger charge is 2.39. The lowest BCUT2D eigenvalue weighted by molar-refractivity contribution is -0.129. The number of aromatic nitrogens is 1. The van der Waals surface area contributed by atoms with Gasteiger partial charge in [0.2, 0.25) is 5.91 Å². The fraction of sp³-hybridized carbons (Fsp3) is 0.267. The highest BCUT2D eigenvalue weighted by Crippen LogP contribution is 2.28. The average molecular weight is 351 g/mol. The molecule has 2 heterocycles. The molecule has 126 valence electrons. The molecule has 1 aromatic heterocycles. The molecule has 0 spiro atoms. The quantitative estimate of drug-likeness (QED) is 0.916. The number of rotatable bonds is 4.